The van der Waals surface area contributed by atoms with Crippen LogP contribution in [-0.2, 0) is 16.1 Å². The number of piperidine rings is 1. The highest BCUT2D eigenvalue weighted by molar-refractivity contribution is 8.00. The zero-order chi connectivity index (χ0) is 24.4. The lowest BCUT2D eigenvalue weighted by molar-refractivity contribution is -0.135. The van der Waals surface area contributed by atoms with Gasteiger partial charge in [0.2, 0.25) is 5.91 Å². The molecule has 3 heterocycles. The molecule has 0 saturated carbocycles. The number of carbonyl (C=O) groups is 1. The molecule has 0 aliphatic carbocycles. The van der Waals surface area contributed by atoms with Crippen molar-refractivity contribution in [2.45, 2.75) is 43.6 Å². The van der Waals surface area contributed by atoms with Crippen LogP contribution < -0.4 is 5.56 Å². The van der Waals surface area contributed by atoms with Crippen LogP contribution in [0.25, 0.3) is 21.7 Å². The Morgan fingerprint density at radius 3 is 2.40 bits per heavy atom. The van der Waals surface area contributed by atoms with Crippen LogP contribution in [0.1, 0.15) is 26.7 Å². The maximum Gasteiger partial charge on any atom is 0.262 e. The number of nitrogens with zero attached hydrogens (tertiary/aromatic N) is 4. The highest BCUT2D eigenvalue weighted by atomic mass is 32.2. The van der Waals surface area contributed by atoms with E-state index in [9.17, 15) is 9.59 Å². The van der Waals surface area contributed by atoms with Gasteiger partial charge in [0.05, 0.1) is 29.4 Å². The lowest BCUT2D eigenvalue weighted by atomic mass is 9.92. The minimum Gasteiger partial charge on any atom is -0.378 e. The number of aromatic nitrogens is 2. The van der Waals surface area contributed by atoms with Crippen molar-refractivity contribution in [2.75, 3.05) is 45.9 Å². The van der Waals surface area contributed by atoms with E-state index in [1.54, 1.807) is 4.57 Å². The first kappa shape index (κ1) is 24.3. The number of thioether (sulfide) groups is 1. The van der Waals surface area contributed by atoms with Crippen LogP contribution in [0.4, 0.5) is 0 Å². The van der Waals surface area contributed by atoms with Crippen LogP contribution >= 0.6 is 11.8 Å². The number of benzene rings is 2. The van der Waals surface area contributed by atoms with E-state index >= 15 is 0 Å². The van der Waals surface area contributed by atoms with Gasteiger partial charge in [-0.2, -0.15) is 0 Å². The van der Waals surface area contributed by atoms with Gasteiger partial charge in [-0.05, 0) is 68.2 Å². The van der Waals surface area contributed by atoms with Crippen LogP contribution in [0.3, 0.4) is 0 Å². The second-order valence-corrected chi connectivity index (χ2v) is 10.5. The molecule has 186 valence electrons. The topological polar surface area (TPSA) is 67.7 Å². The molecule has 0 radical (unpaired) electrons. The molecule has 0 N–H and O–H groups in total. The number of amides is 1. The number of morpholine rings is 1. The first-order valence-corrected chi connectivity index (χ1v) is 13.7. The second kappa shape index (κ2) is 10.7. The molecule has 3 aromatic rings. The second-order valence-electron chi connectivity index (χ2n) is 9.41. The van der Waals surface area contributed by atoms with E-state index in [0.717, 1.165) is 43.2 Å². The van der Waals surface area contributed by atoms with Crippen LogP contribution in [0.5, 0.6) is 0 Å². The largest absolute Gasteiger partial charge is 0.378 e. The van der Waals surface area contributed by atoms with E-state index in [1.807, 2.05) is 48.2 Å². The number of rotatable bonds is 6. The number of hydrogen-bond donors (Lipinski definition) is 0. The van der Waals surface area contributed by atoms with Gasteiger partial charge in [0.25, 0.3) is 5.56 Å². The number of fused-ring (bicyclic) bond motifs is 2. The smallest absolute Gasteiger partial charge is 0.262 e. The molecule has 0 spiro atoms. The predicted octanol–water partition coefficient (Wildman–Crippen LogP) is 3.62. The molecule has 2 aliphatic heterocycles. The van der Waals surface area contributed by atoms with E-state index < -0.39 is 0 Å². The Hall–Kier alpha value is -2.42. The fraction of sp³-hybridized carbons (Fsp3) is 0.519. The molecule has 35 heavy (non-hydrogen) atoms. The normalized spacial score (nSPS) is 18.9. The van der Waals surface area contributed by atoms with E-state index in [0.29, 0.717) is 48.9 Å². The van der Waals surface area contributed by atoms with Crippen molar-refractivity contribution in [2.24, 2.45) is 5.92 Å². The fourth-order valence-electron chi connectivity index (χ4n) is 5.25. The maximum absolute atomic E-state index is 13.8. The first-order chi connectivity index (χ1) is 17.1. The van der Waals surface area contributed by atoms with Crippen molar-refractivity contribution in [1.29, 1.82) is 0 Å². The van der Waals surface area contributed by atoms with Gasteiger partial charge in [0.1, 0.15) is 0 Å². The minimum absolute atomic E-state index is 0.0378. The lowest BCUT2D eigenvalue weighted by Gasteiger charge is -2.37. The third kappa shape index (κ3) is 4.97. The molecule has 1 aromatic heterocycles. The van der Waals surface area contributed by atoms with Gasteiger partial charge in [-0.25, -0.2) is 4.98 Å². The first-order valence-electron chi connectivity index (χ1n) is 12.8. The van der Waals surface area contributed by atoms with Crippen molar-refractivity contribution < 1.29 is 9.53 Å². The quantitative estimate of drug-likeness (QED) is 0.296. The van der Waals surface area contributed by atoms with Gasteiger partial charge in [-0.15, -0.1) is 0 Å². The van der Waals surface area contributed by atoms with Crippen LogP contribution in [0, 0.1) is 5.92 Å². The van der Waals surface area contributed by atoms with E-state index in [2.05, 4.69) is 11.8 Å². The minimum atomic E-state index is -0.255. The molecule has 1 amide bonds. The summed E-state index contributed by atoms with van der Waals surface area (Å²) in [6.45, 7) is 10.1. The third-order valence-electron chi connectivity index (χ3n) is 7.41. The SMILES string of the molecule is CCN1CCC(C(Sc2nc3cc4ccccc4cc3c(=O)n2CC)C(=O)N2CCOCC2)CC1. The number of likely N-dealkylation sites (tertiary alicyclic amines) is 1. The Kier molecular flexibility index (Phi) is 7.41. The van der Waals surface area contributed by atoms with E-state index in [1.165, 1.54) is 11.8 Å². The Balaban J connectivity index is 1.53. The average Bonchev–Trinajstić information content (AvgIpc) is 2.91. The van der Waals surface area contributed by atoms with Crippen LogP contribution in [0.2, 0.25) is 0 Å². The molecule has 8 heteroatoms. The summed E-state index contributed by atoms with van der Waals surface area (Å²) in [4.78, 5) is 36.7. The number of ether oxygens (including phenoxy) is 1. The molecule has 2 saturated heterocycles. The number of carbonyl (C=O) groups excluding carboxylic acids is 1. The molecular weight excluding hydrogens is 460 g/mol. The summed E-state index contributed by atoms with van der Waals surface area (Å²) < 4.78 is 7.23. The Bertz CT molecular complexity index is 1260. The molecule has 7 nitrogen and oxygen atoms in total. The van der Waals surface area contributed by atoms with Crippen molar-refractivity contribution >= 4 is 39.3 Å². The molecule has 0 bridgehead atoms. The summed E-state index contributed by atoms with van der Waals surface area (Å²) >= 11 is 1.49. The van der Waals surface area contributed by atoms with Crippen molar-refractivity contribution in [3.05, 3.63) is 46.8 Å². The van der Waals surface area contributed by atoms with Gasteiger partial charge < -0.3 is 14.5 Å². The molecule has 2 aliphatic rings. The summed E-state index contributed by atoms with van der Waals surface area (Å²) in [6.07, 6.45) is 1.96. The lowest BCUT2D eigenvalue weighted by Crippen LogP contribution is -2.48. The fourth-order valence-corrected chi connectivity index (χ4v) is 6.69. The highest BCUT2D eigenvalue weighted by Gasteiger charge is 2.36. The van der Waals surface area contributed by atoms with Crippen LogP contribution in [-0.4, -0.2) is 76.4 Å². The molecule has 1 unspecified atom stereocenters. The van der Waals surface area contributed by atoms with Gasteiger partial charge in [0.15, 0.2) is 5.16 Å². The Morgan fingerprint density at radius 2 is 1.74 bits per heavy atom. The zero-order valence-corrected chi connectivity index (χ0v) is 21.4. The Labute approximate surface area is 210 Å². The van der Waals surface area contributed by atoms with Gasteiger partial charge in [0, 0.05) is 19.6 Å². The molecular formula is C27H34N4O3S. The summed E-state index contributed by atoms with van der Waals surface area (Å²) in [5.41, 5.74) is 0.656. The van der Waals surface area contributed by atoms with Crippen molar-refractivity contribution in [3.8, 4) is 0 Å². The van der Waals surface area contributed by atoms with E-state index in [-0.39, 0.29) is 22.6 Å². The summed E-state index contributed by atoms with van der Waals surface area (Å²) in [5.74, 6) is 0.413. The molecule has 5 rings (SSSR count). The van der Waals surface area contributed by atoms with Gasteiger partial charge >= 0.3 is 0 Å². The standard InChI is InChI=1S/C27H34N4O3S/c1-3-29-11-9-19(10-12-29)24(26(33)30-13-15-34-16-14-30)35-27-28-23-18-21-8-6-5-7-20(21)17-22(23)25(32)31(27)4-2/h5-8,17-19,24H,3-4,9-16H2,1-2H3. The van der Waals surface area contributed by atoms with Gasteiger partial charge in [-0.3, -0.25) is 14.2 Å². The molecule has 2 fully saturated rings. The zero-order valence-electron chi connectivity index (χ0n) is 20.6. The molecule has 1 atom stereocenters. The van der Waals surface area contributed by atoms with Crippen molar-refractivity contribution in [1.82, 2.24) is 19.4 Å². The number of hydrogen-bond acceptors (Lipinski definition) is 6. The highest BCUT2D eigenvalue weighted by Crippen LogP contribution is 2.35. The maximum atomic E-state index is 13.8. The summed E-state index contributed by atoms with van der Waals surface area (Å²) in [5, 5.41) is 3.11. The molecule has 2 aromatic carbocycles. The Morgan fingerprint density at radius 1 is 1.06 bits per heavy atom. The third-order valence-corrected chi connectivity index (χ3v) is 8.77. The predicted molar refractivity (Wildman–Crippen MR) is 141 cm³/mol. The average molecular weight is 495 g/mol. The van der Waals surface area contributed by atoms with Crippen molar-refractivity contribution in [3.63, 3.8) is 0 Å². The van der Waals surface area contributed by atoms with Gasteiger partial charge in [-0.1, -0.05) is 43.0 Å². The monoisotopic (exact) mass is 494 g/mol. The van der Waals surface area contributed by atoms with E-state index in [4.69, 9.17) is 9.72 Å². The summed E-state index contributed by atoms with van der Waals surface area (Å²) in [7, 11) is 0. The van der Waals surface area contributed by atoms with Crippen LogP contribution in [0.15, 0.2) is 46.3 Å². The summed E-state index contributed by atoms with van der Waals surface area (Å²) in [6, 6.07) is 12.0.